The molecule has 0 fully saturated rings. The van der Waals surface area contributed by atoms with Gasteiger partial charge >= 0.3 is 5.97 Å². The number of aliphatic hydroxyl groups excluding tert-OH is 1. The standard InChI is InChI=1S/C18H18ClNO5/c1-11(25-18(23)16(21)12-6-4-3-5-7-12)17(22)20-14-10-13(19)8-9-15(14)24-2/h3-11,16,21H,1-2H3,(H,20,22)/t11-,16-/m0/s1. The zero-order valence-electron chi connectivity index (χ0n) is 13.7. The fourth-order valence-corrected chi connectivity index (χ4v) is 2.25. The van der Waals surface area contributed by atoms with Gasteiger partial charge in [0.05, 0.1) is 12.8 Å². The summed E-state index contributed by atoms with van der Waals surface area (Å²) in [6.45, 7) is 1.40. The molecule has 2 atom stereocenters. The number of nitrogens with one attached hydrogen (secondary N) is 1. The van der Waals surface area contributed by atoms with Gasteiger partial charge in [-0.3, -0.25) is 4.79 Å². The molecule has 2 N–H and O–H groups in total. The zero-order chi connectivity index (χ0) is 18.4. The summed E-state index contributed by atoms with van der Waals surface area (Å²) in [5.41, 5.74) is 0.739. The first-order chi connectivity index (χ1) is 11.9. The van der Waals surface area contributed by atoms with E-state index in [-0.39, 0.29) is 0 Å². The fourth-order valence-electron chi connectivity index (χ4n) is 2.08. The van der Waals surface area contributed by atoms with Crippen LogP contribution >= 0.6 is 11.6 Å². The lowest BCUT2D eigenvalue weighted by Gasteiger charge is -2.17. The zero-order valence-corrected chi connectivity index (χ0v) is 14.5. The van der Waals surface area contributed by atoms with Crippen molar-refractivity contribution in [2.45, 2.75) is 19.1 Å². The fraction of sp³-hybridized carbons (Fsp3) is 0.222. The molecule has 25 heavy (non-hydrogen) atoms. The minimum atomic E-state index is -1.46. The van der Waals surface area contributed by atoms with Gasteiger partial charge in [-0.05, 0) is 30.7 Å². The van der Waals surface area contributed by atoms with Crippen molar-refractivity contribution in [1.82, 2.24) is 0 Å². The number of hydrogen-bond donors (Lipinski definition) is 2. The Hall–Kier alpha value is -2.57. The normalized spacial score (nSPS) is 12.8. The van der Waals surface area contributed by atoms with Gasteiger partial charge in [0.1, 0.15) is 5.75 Å². The number of amides is 1. The molecule has 0 saturated carbocycles. The number of anilines is 1. The summed E-state index contributed by atoms with van der Waals surface area (Å²) in [5, 5.41) is 13.0. The predicted octanol–water partition coefficient (Wildman–Crippen LogP) is 2.95. The molecular weight excluding hydrogens is 346 g/mol. The molecule has 0 radical (unpaired) electrons. The molecule has 0 bridgehead atoms. The number of esters is 1. The number of carbonyl (C=O) groups excluding carboxylic acids is 2. The Morgan fingerprint density at radius 2 is 1.84 bits per heavy atom. The third-order valence-corrected chi connectivity index (χ3v) is 3.66. The Kier molecular flexibility index (Phi) is 6.38. The highest BCUT2D eigenvalue weighted by molar-refractivity contribution is 6.31. The number of methoxy groups -OCH3 is 1. The minimum absolute atomic E-state index is 0.353. The molecule has 0 spiro atoms. The average molecular weight is 364 g/mol. The maximum absolute atomic E-state index is 12.2. The summed E-state index contributed by atoms with van der Waals surface area (Å²) in [5.74, 6) is -1.07. The Morgan fingerprint density at radius 3 is 2.48 bits per heavy atom. The van der Waals surface area contributed by atoms with Crippen molar-refractivity contribution < 1.29 is 24.2 Å². The Balaban J connectivity index is 2.01. The van der Waals surface area contributed by atoms with E-state index in [1.807, 2.05) is 0 Å². The topological polar surface area (TPSA) is 84.9 Å². The lowest BCUT2D eigenvalue weighted by molar-refractivity contribution is -0.162. The van der Waals surface area contributed by atoms with Crippen LogP contribution in [0.3, 0.4) is 0 Å². The van der Waals surface area contributed by atoms with Crippen molar-refractivity contribution in [3.05, 3.63) is 59.1 Å². The molecule has 0 saturated heterocycles. The monoisotopic (exact) mass is 363 g/mol. The van der Waals surface area contributed by atoms with Crippen LogP contribution in [-0.2, 0) is 14.3 Å². The van der Waals surface area contributed by atoms with Gasteiger partial charge < -0.3 is 19.9 Å². The Bertz CT molecular complexity index is 750. The number of carbonyl (C=O) groups is 2. The Labute approximate surface area is 150 Å². The van der Waals surface area contributed by atoms with E-state index in [1.165, 1.54) is 20.1 Å². The van der Waals surface area contributed by atoms with Crippen LogP contribution in [0.2, 0.25) is 5.02 Å². The van der Waals surface area contributed by atoms with Crippen LogP contribution < -0.4 is 10.1 Å². The lowest BCUT2D eigenvalue weighted by atomic mass is 10.1. The second-order valence-corrected chi connectivity index (χ2v) is 5.66. The van der Waals surface area contributed by atoms with Crippen LogP contribution in [0.4, 0.5) is 5.69 Å². The summed E-state index contributed by atoms with van der Waals surface area (Å²) < 4.78 is 10.2. The van der Waals surface area contributed by atoms with Gasteiger partial charge in [0.25, 0.3) is 5.91 Å². The molecule has 1 amide bonds. The van der Waals surface area contributed by atoms with Crippen molar-refractivity contribution in [3.63, 3.8) is 0 Å². The van der Waals surface area contributed by atoms with Gasteiger partial charge in [-0.2, -0.15) is 0 Å². The number of aliphatic hydroxyl groups is 1. The average Bonchev–Trinajstić information content (AvgIpc) is 2.61. The molecular formula is C18H18ClNO5. The molecule has 7 heteroatoms. The predicted molar refractivity (Wildman–Crippen MR) is 93.6 cm³/mol. The van der Waals surface area contributed by atoms with Crippen molar-refractivity contribution in [2.75, 3.05) is 12.4 Å². The molecule has 2 rings (SSSR count). The van der Waals surface area contributed by atoms with E-state index in [9.17, 15) is 14.7 Å². The van der Waals surface area contributed by atoms with E-state index >= 15 is 0 Å². The quantitative estimate of drug-likeness (QED) is 0.771. The molecule has 6 nitrogen and oxygen atoms in total. The number of halogens is 1. The van der Waals surface area contributed by atoms with E-state index in [4.69, 9.17) is 21.1 Å². The first-order valence-corrected chi connectivity index (χ1v) is 7.88. The maximum Gasteiger partial charge on any atom is 0.340 e. The molecule has 0 aliphatic heterocycles. The van der Waals surface area contributed by atoms with E-state index in [2.05, 4.69) is 5.32 Å². The van der Waals surface area contributed by atoms with Crippen LogP contribution in [0.1, 0.15) is 18.6 Å². The van der Waals surface area contributed by atoms with Crippen LogP contribution in [0.15, 0.2) is 48.5 Å². The lowest BCUT2D eigenvalue weighted by Crippen LogP contribution is -2.32. The number of ether oxygens (including phenoxy) is 2. The van der Waals surface area contributed by atoms with Gasteiger partial charge in [0.2, 0.25) is 0 Å². The van der Waals surface area contributed by atoms with Gasteiger partial charge in [-0.15, -0.1) is 0 Å². The highest BCUT2D eigenvalue weighted by Gasteiger charge is 2.25. The Morgan fingerprint density at radius 1 is 1.16 bits per heavy atom. The smallest absolute Gasteiger partial charge is 0.340 e. The molecule has 2 aromatic carbocycles. The maximum atomic E-state index is 12.2. The highest BCUT2D eigenvalue weighted by Crippen LogP contribution is 2.28. The number of rotatable bonds is 6. The SMILES string of the molecule is COc1ccc(Cl)cc1NC(=O)[C@H](C)OC(=O)[C@@H](O)c1ccccc1. The van der Waals surface area contributed by atoms with Crippen LogP contribution in [0.25, 0.3) is 0 Å². The summed E-state index contributed by atoms with van der Waals surface area (Å²) in [4.78, 5) is 24.2. The van der Waals surface area contributed by atoms with Gasteiger partial charge in [-0.1, -0.05) is 41.9 Å². The van der Waals surface area contributed by atoms with E-state index in [0.29, 0.717) is 22.0 Å². The van der Waals surface area contributed by atoms with E-state index in [0.717, 1.165) is 0 Å². The highest BCUT2D eigenvalue weighted by atomic mass is 35.5. The van der Waals surface area contributed by atoms with Crippen molar-refractivity contribution >= 4 is 29.2 Å². The number of hydrogen-bond acceptors (Lipinski definition) is 5. The molecule has 132 valence electrons. The van der Waals surface area contributed by atoms with E-state index < -0.39 is 24.1 Å². The largest absolute Gasteiger partial charge is 0.495 e. The van der Waals surface area contributed by atoms with Crippen molar-refractivity contribution in [1.29, 1.82) is 0 Å². The van der Waals surface area contributed by atoms with E-state index in [1.54, 1.807) is 42.5 Å². The molecule has 0 heterocycles. The summed E-state index contributed by atoms with van der Waals surface area (Å²) in [7, 11) is 1.46. The van der Waals surface area contributed by atoms with Gasteiger partial charge in [0, 0.05) is 5.02 Å². The van der Waals surface area contributed by atoms with Gasteiger partial charge in [0.15, 0.2) is 12.2 Å². The second kappa shape index (κ2) is 8.50. The minimum Gasteiger partial charge on any atom is -0.495 e. The van der Waals surface area contributed by atoms with Crippen molar-refractivity contribution in [3.8, 4) is 5.75 Å². The van der Waals surface area contributed by atoms with Crippen LogP contribution in [0.5, 0.6) is 5.75 Å². The third kappa shape index (κ3) is 4.95. The molecule has 0 unspecified atom stereocenters. The molecule has 0 aliphatic carbocycles. The van der Waals surface area contributed by atoms with Crippen LogP contribution in [0, 0.1) is 0 Å². The molecule has 2 aromatic rings. The summed E-state index contributed by atoms with van der Waals surface area (Å²) in [6.07, 6.45) is -2.58. The first-order valence-electron chi connectivity index (χ1n) is 7.50. The second-order valence-electron chi connectivity index (χ2n) is 5.23. The van der Waals surface area contributed by atoms with Crippen LogP contribution in [-0.4, -0.2) is 30.2 Å². The summed E-state index contributed by atoms with van der Waals surface area (Å²) in [6, 6.07) is 13.1. The third-order valence-electron chi connectivity index (χ3n) is 3.42. The number of benzene rings is 2. The summed E-state index contributed by atoms with van der Waals surface area (Å²) >= 11 is 5.91. The first kappa shape index (κ1) is 18.8. The van der Waals surface area contributed by atoms with Crippen molar-refractivity contribution in [2.24, 2.45) is 0 Å². The molecule has 0 aliphatic rings. The van der Waals surface area contributed by atoms with Gasteiger partial charge in [-0.25, -0.2) is 4.79 Å². The molecule has 0 aromatic heterocycles.